The van der Waals surface area contributed by atoms with Crippen LogP contribution in [0.25, 0.3) is 0 Å². The van der Waals surface area contributed by atoms with Gasteiger partial charge in [0.2, 0.25) is 0 Å². The standard InChI is InChI=1S/C15H26N2O/c1-5-8-12-9-7-10-13(11-12)14(17-16)15(3,6-2)18-4/h7,9-11,14,17H,5-6,8,16H2,1-4H3. The monoisotopic (exact) mass is 250 g/mol. The van der Waals surface area contributed by atoms with Crippen molar-refractivity contribution >= 4 is 0 Å². The number of nitrogens with one attached hydrogen (secondary N) is 1. The lowest BCUT2D eigenvalue weighted by molar-refractivity contribution is -0.0300. The fourth-order valence-electron chi connectivity index (χ4n) is 2.31. The van der Waals surface area contributed by atoms with Crippen LogP contribution in [0.4, 0.5) is 0 Å². The van der Waals surface area contributed by atoms with Crippen LogP contribution in [0.5, 0.6) is 0 Å². The molecule has 0 bridgehead atoms. The van der Waals surface area contributed by atoms with Crippen molar-refractivity contribution < 1.29 is 4.74 Å². The molecule has 0 spiro atoms. The average Bonchev–Trinajstić information content (AvgIpc) is 2.40. The van der Waals surface area contributed by atoms with Gasteiger partial charge in [-0.1, -0.05) is 44.5 Å². The van der Waals surface area contributed by atoms with Crippen molar-refractivity contribution in [2.45, 2.75) is 51.7 Å². The molecule has 0 radical (unpaired) electrons. The summed E-state index contributed by atoms with van der Waals surface area (Å²) in [6.07, 6.45) is 3.15. The minimum Gasteiger partial charge on any atom is -0.376 e. The minimum atomic E-state index is -0.292. The minimum absolute atomic E-state index is 0.00399. The van der Waals surface area contributed by atoms with Gasteiger partial charge in [0, 0.05) is 7.11 Å². The van der Waals surface area contributed by atoms with Crippen LogP contribution in [0.3, 0.4) is 0 Å². The second-order valence-electron chi connectivity index (χ2n) is 4.97. The van der Waals surface area contributed by atoms with Crippen molar-refractivity contribution in [1.29, 1.82) is 0 Å². The van der Waals surface area contributed by atoms with Crippen molar-refractivity contribution in [2.24, 2.45) is 5.84 Å². The van der Waals surface area contributed by atoms with Gasteiger partial charge in [-0.25, -0.2) is 0 Å². The fourth-order valence-corrected chi connectivity index (χ4v) is 2.31. The van der Waals surface area contributed by atoms with Crippen LogP contribution in [0.2, 0.25) is 0 Å². The predicted molar refractivity (Wildman–Crippen MR) is 76.2 cm³/mol. The molecule has 0 heterocycles. The summed E-state index contributed by atoms with van der Waals surface area (Å²) in [6, 6.07) is 8.59. The van der Waals surface area contributed by atoms with Crippen LogP contribution in [0, 0.1) is 0 Å². The normalized spacial score (nSPS) is 16.3. The Hall–Kier alpha value is -0.900. The Morgan fingerprint density at radius 3 is 2.61 bits per heavy atom. The summed E-state index contributed by atoms with van der Waals surface area (Å²) < 4.78 is 5.65. The van der Waals surface area contributed by atoms with Crippen LogP contribution in [0.15, 0.2) is 24.3 Å². The van der Waals surface area contributed by atoms with Crippen molar-refractivity contribution in [3.8, 4) is 0 Å². The zero-order valence-corrected chi connectivity index (χ0v) is 12.0. The Balaban J connectivity index is 3.04. The van der Waals surface area contributed by atoms with Gasteiger partial charge in [0.15, 0.2) is 0 Å². The molecule has 102 valence electrons. The molecule has 3 nitrogen and oxygen atoms in total. The first-order valence-electron chi connectivity index (χ1n) is 6.71. The number of rotatable bonds is 7. The van der Waals surface area contributed by atoms with E-state index < -0.39 is 0 Å². The average molecular weight is 250 g/mol. The van der Waals surface area contributed by atoms with Crippen LogP contribution >= 0.6 is 0 Å². The summed E-state index contributed by atoms with van der Waals surface area (Å²) in [5.41, 5.74) is 5.15. The van der Waals surface area contributed by atoms with Gasteiger partial charge in [0.1, 0.15) is 0 Å². The van der Waals surface area contributed by atoms with Gasteiger partial charge in [-0.05, 0) is 30.9 Å². The Bertz CT molecular complexity index is 361. The van der Waals surface area contributed by atoms with Crippen molar-refractivity contribution in [3.05, 3.63) is 35.4 Å². The molecule has 0 saturated carbocycles. The van der Waals surface area contributed by atoms with E-state index in [4.69, 9.17) is 10.6 Å². The van der Waals surface area contributed by atoms with Gasteiger partial charge >= 0.3 is 0 Å². The van der Waals surface area contributed by atoms with E-state index in [0.29, 0.717) is 0 Å². The van der Waals surface area contributed by atoms with Crippen molar-refractivity contribution in [1.82, 2.24) is 5.43 Å². The highest BCUT2D eigenvalue weighted by Crippen LogP contribution is 2.31. The third kappa shape index (κ3) is 3.31. The second-order valence-corrected chi connectivity index (χ2v) is 4.97. The molecule has 0 aliphatic heterocycles. The van der Waals surface area contributed by atoms with E-state index in [2.05, 4.69) is 50.5 Å². The molecule has 0 aromatic heterocycles. The SMILES string of the molecule is CCCc1cccc(C(NN)C(C)(CC)OC)c1. The molecule has 3 heteroatoms. The molecule has 1 rings (SSSR count). The highest BCUT2D eigenvalue weighted by molar-refractivity contribution is 5.28. The molecule has 0 amide bonds. The number of aryl methyl sites for hydroxylation is 1. The van der Waals surface area contributed by atoms with Crippen LogP contribution < -0.4 is 11.3 Å². The molecule has 3 N–H and O–H groups in total. The van der Waals surface area contributed by atoms with E-state index in [1.165, 1.54) is 11.1 Å². The van der Waals surface area contributed by atoms with Gasteiger partial charge < -0.3 is 4.74 Å². The van der Waals surface area contributed by atoms with Crippen LogP contribution in [0.1, 0.15) is 50.8 Å². The van der Waals surface area contributed by atoms with Crippen molar-refractivity contribution in [3.63, 3.8) is 0 Å². The van der Waals surface area contributed by atoms with Gasteiger partial charge in [0.05, 0.1) is 11.6 Å². The summed E-state index contributed by atoms with van der Waals surface area (Å²) in [4.78, 5) is 0. The number of hydrogen-bond donors (Lipinski definition) is 2. The van der Waals surface area contributed by atoms with E-state index in [9.17, 15) is 0 Å². The lowest BCUT2D eigenvalue weighted by atomic mass is 9.87. The van der Waals surface area contributed by atoms with Crippen LogP contribution in [-0.2, 0) is 11.2 Å². The molecular weight excluding hydrogens is 224 g/mol. The predicted octanol–water partition coefficient (Wildman–Crippen LogP) is 2.96. The van der Waals surface area contributed by atoms with Gasteiger partial charge in [-0.3, -0.25) is 11.3 Å². The van der Waals surface area contributed by atoms with E-state index >= 15 is 0 Å². The number of nitrogens with two attached hydrogens (primary N) is 1. The van der Waals surface area contributed by atoms with Gasteiger partial charge in [0.25, 0.3) is 0 Å². The topological polar surface area (TPSA) is 47.3 Å². The van der Waals surface area contributed by atoms with Gasteiger partial charge in [-0.15, -0.1) is 0 Å². The summed E-state index contributed by atoms with van der Waals surface area (Å²) in [5, 5.41) is 0. The Labute approximate surface area is 111 Å². The molecule has 2 atom stereocenters. The molecule has 0 aliphatic rings. The largest absolute Gasteiger partial charge is 0.376 e. The number of hydrazine groups is 1. The fraction of sp³-hybridized carbons (Fsp3) is 0.600. The molecule has 0 aliphatic carbocycles. The Morgan fingerprint density at radius 1 is 1.39 bits per heavy atom. The number of hydrogen-bond acceptors (Lipinski definition) is 3. The van der Waals surface area contributed by atoms with Crippen molar-refractivity contribution in [2.75, 3.05) is 7.11 Å². The van der Waals surface area contributed by atoms with Crippen LogP contribution in [-0.4, -0.2) is 12.7 Å². The molecule has 0 saturated heterocycles. The summed E-state index contributed by atoms with van der Waals surface area (Å²) in [6.45, 7) is 6.39. The zero-order valence-electron chi connectivity index (χ0n) is 12.0. The first kappa shape index (κ1) is 15.2. The van der Waals surface area contributed by atoms with Gasteiger partial charge in [-0.2, -0.15) is 0 Å². The first-order chi connectivity index (χ1) is 8.61. The summed E-state index contributed by atoms with van der Waals surface area (Å²) in [7, 11) is 1.74. The quantitative estimate of drug-likeness (QED) is 0.578. The molecule has 1 aromatic rings. The van der Waals surface area contributed by atoms with E-state index in [-0.39, 0.29) is 11.6 Å². The molecule has 2 unspecified atom stereocenters. The maximum Gasteiger partial charge on any atom is 0.0854 e. The third-order valence-electron chi connectivity index (χ3n) is 3.77. The molecule has 1 aromatic carbocycles. The second kappa shape index (κ2) is 6.88. The number of benzene rings is 1. The highest BCUT2D eigenvalue weighted by Gasteiger charge is 2.33. The lowest BCUT2D eigenvalue weighted by Crippen LogP contribution is -2.45. The molecule has 18 heavy (non-hydrogen) atoms. The van der Waals surface area contributed by atoms with E-state index in [1.807, 2.05) is 0 Å². The smallest absolute Gasteiger partial charge is 0.0854 e. The molecule has 0 fully saturated rings. The third-order valence-corrected chi connectivity index (χ3v) is 3.77. The molecular formula is C15H26N2O. The maximum absolute atomic E-state index is 5.74. The Kier molecular flexibility index (Phi) is 5.79. The Morgan fingerprint density at radius 2 is 2.11 bits per heavy atom. The van der Waals surface area contributed by atoms with E-state index in [1.54, 1.807) is 7.11 Å². The summed E-state index contributed by atoms with van der Waals surface area (Å²) in [5.74, 6) is 5.74. The first-order valence-corrected chi connectivity index (χ1v) is 6.71. The summed E-state index contributed by atoms with van der Waals surface area (Å²) >= 11 is 0. The lowest BCUT2D eigenvalue weighted by Gasteiger charge is -2.35. The number of ether oxygens (including phenoxy) is 1. The number of methoxy groups -OCH3 is 1. The highest BCUT2D eigenvalue weighted by atomic mass is 16.5. The zero-order chi connectivity index (χ0) is 13.6. The maximum atomic E-state index is 5.74. The van der Waals surface area contributed by atoms with E-state index in [0.717, 1.165) is 19.3 Å².